The number of esters is 1. The van der Waals surface area contributed by atoms with Gasteiger partial charge in [0, 0.05) is 12.8 Å². The lowest BCUT2D eigenvalue weighted by molar-refractivity contribution is -0.870. The van der Waals surface area contributed by atoms with Gasteiger partial charge in [-0.2, -0.15) is 0 Å². The third-order valence-electron chi connectivity index (χ3n) is 17.8. The van der Waals surface area contributed by atoms with Crippen LogP contribution in [0, 0.1) is 0 Å². The Hall–Kier alpha value is -1.77. The van der Waals surface area contributed by atoms with E-state index in [9.17, 15) is 19.0 Å². The minimum atomic E-state index is -4.45. The van der Waals surface area contributed by atoms with Gasteiger partial charge < -0.3 is 19.4 Å². The summed E-state index contributed by atoms with van der Waals surface area (Å²) in [4.78, 5) is 38.0. The van der Waals surface area contributed by atoms with Crippen molar-refractivity contribution in [3.05, 3.63) is 36.5 Å². The van der Waals surface area contributed by atoms with Crippen LogP contribution in [0.15, 0.2) is 36.5 Å². The van der Waals surface area contributed by atoms with Crippen LogP contribution in [0.4, 0.5) is 0 Å². The van der Waals surface area contributed by atoms with Crippen molar-refractivity contribution in [1.29, 1.82) is 0 Å². The minimum Gasteiger partial charge on any atom is -0.456 e. The minimum absolute atomic E-state index is 0.0435. The molecule has 10 heteroatoms. The van der Waals surface area contributed by atoms with Gasteiger partial charge in [-0.15, -0.1) is 0 Å². The van der Waals surface area contributed by atoms with Crippen LogP contribution >= 0.6 is 7.82 Å². The van der Waals surface area contributed by atoms with Gasteiger partial charge in [0.25, 0.3) is 0 Å². The van der Waals surface area contributed by atoms with E-state index in [4.69, 9.17) is 13.8 Å². The molecule has 0 aromatic rings. The van der Waals surface area contributed by atoms with Crippen molar-refractivity contribution in [2.24, 2.45) is 0 Å². The number of likely N-dealkylation sites (N-methyl/N-ethyl adjacent to an activating group) is 1. The molecular formula is C78H152N2O7P+. The molecule has 0 aliphatic rings. The SMILES string of the molecule is CCCCC/C=C\C/C=C\CCCCCCCCCCCCCCCC(=O)OC(/C=C/CCCCCCCCCCCC)C(COP(=O)(O)OCC[N+](C)(C)C)NC(=O)CCCCCCCCCCCCCCCCCCCCCCCCCCCCC. The quantitative estimate of drug-likeness (QED) is 0.0205. The number of phosphoric acid groups is 1. The van der Waals surface area contributed by atoms with E-state index in [0.29, 0.717) is 23.9 Å². The van der Waals surface area contributed by atoms with Gasteiger partial charge in [0.05, 0.1) is 33.8 Å². The number of amides is 1. The summed E-state index contributed by atoms with van der Waals surface area (Å²) in [5.74, 6) is -0.482. The summed E-state index contributed by atoms with van der Waals surface area (Å²) in [6.45, 7) is 7.06. The van der Waals surface area contributed by atoms with Gasteiger partial charge in [0.2, 0.25) is 5.91 Å². The van der Waals surface area contributed by atoms with Gasteiger partial charge in [-0.1, -0.05) is 359 Å². The van der Waals surface area contributed by atoms with Crippen molar-refractivity contribution in [2.45, 2.75) is 412 Å². The van der Waals surface area contributed by atoms with Crippen LogP contribution < -0.4 is 5.32 Å². The largest absolute Gasteiger partial charge is 0.472 e. The lowest BCUT2D eigenvalue weighted by atomic mass is 10.0. The van der Waals surface area contributed by atoms with Crippen molar-refractivity contribution < 1.29 is 37.3 Å². The molecule has 0 radical (unpaired) electrons. The lowest BCUT2D eigenvalue weighted by Gasteiger charge is -2.27. The van der Waals surface area contributed by atoms with Crippen LogP contribution in [0.5, 0.6) is 0 Å². The first-order valence-electron chi connectivity index (χ1n) is 38.8. The maximum absolute atomic E-state index is 13.7. The highest BCUT2D eigenvalue weighted by atomic mass is 31.2. The molecule has 0 aliphatic carbocycles. The molecule has 0 saturated carbocycles. The number of nitrogens with zero attached hydrogens (tertiary/aromatic N) is 1. The molecule has 2 N–H and O–H groups in total. The molecule has 3 atom stereocenters. The Kier molecular flexibility index (Phi) is 66.7. The van der Waals surface area contributed by atoms with E-state index in [1.54, 1.807) is 0 Å². The molecule has 1 amide bonds. The molecule has 9 nitrogen and oxygen atoms in total. The van der Waals surface area contributed by atoms with Crippen LogP contribution in [-0.4, -0.2) is 74.3 Å². The summed E-state index contributed by atoms with van der Waals surface area (Å²) in [6, 6.07) is -0.846. The number of carbonyl (C=O) groups is 2. The molecule has 0 saturated heterocycles. The van der Waals surface area contributed by atoms with Crippen LogP contribution in [0.3, 0.4) is 0 Å². The van der Waals surface area contributed by atoms with Crippen molar-refractivity contribution in [3.63, 3.8) is 0 Å². The highest BCUT2D eigenvalue weighted by molar-refractivity contribution is 7.47. The van der Waals surface area contributed by atoms with E-state index in [1.165, 1.54) is 302 Å². The standard InChI is InChI=1S/C78H151N2O7P/c1-7-10-13-16-19-22-25-28-30-32-34-36-38-39-40-41-43-44-46-48-50-52-55-58-61-64-67-70-77(81)79-75(74-86-88(83,84)85-73-72-80(4,5)6)76(69-66-63-60-57-54-27-24-21-18-15-12-9-3)87-78(82)71-68-65-62-59-56-53-51-49-47-45-42-37-35-33-31-29-26-23-20-17-14-11-8-2/h20,23,29,31,66,69,75-76H,7-19,21-22,24-28,30,32-65,67-68,70-74H2,1-6H3,(H-,79,81,83,84)/p+1/b23-20-,31-29-,69-66+. The Balaban J connectivity index is 4.91. The average molecular weight is 1260 g/mol. The second kappa shape index (κ2) is 68.1. The van der Waals surface area contributed by atoms with E-state index in [2.05, 4.69) is 56.5 Å². The molecule has 0 spiro atoms. The Morgan fingerprint density at radius 1 is 0.398 bits per heavy atom. The smallest absolute Gasteiger partial charge is 0.456 e. The molecule has 3 unspecified atom stereocenters. The maximum Gasteiger partial charge on any atom is 0.472 e. The second-order valence-electron chi connectivity index (χ2n) is 27.9. The zero-order valence-electron chi connectivity index (χ0n) is 59.8. The molecule has 520 valence electrons. The van der Waals surface area contributed by atoms with Crippen LogP contribution in [0.2, 0.25) is 0 Å². The zero-order valence-corrected chi connectivity index (χ0v) is 60.6. The predicted octanol–water partition coefficient (Wildman–Crippen LogP) is 25.0. The first kappa shape index (κ1) is 86.2. The average Bonchev–Trinajstić information content (AvgIpc) is 3.71. The molecule has 0 bridgehead atoms. The number of nitrogens with one attached hydrogen (secondary N) is 1. The number of hydrogen-bond acceptors (Lipinski definition) is 6. The summed E-state index contributed by atoms with van der Waals surface area (Å²) >= 11 is 0. The number of phosphoric ester groups is 1. The highest BCUT2D eigenvalue weighted by Crippen LogP contribution is 2.43. The normalized spacial score (nSPS) is 13.6. The number of unbranched alkanes of at least 4 members (excludes halogenated alkanes) is 52. The Bertz CT molecular complexity index is 1600. The summed E-state index contributed by atoms with van der Waals surface area (Å²) < 4.78 is 30.9. The molecular weight excluding hydrogens is 1110 g/mol. The van der Waals surface area contributed by atoms with E-state index < -0.39 is 20.0 Å². The molecule has 0 aromatic heterocycles. The van der Waals surface area contributed by atoms with Gasteiger partial charge in [0.15, 0.2) is 0 Å². The first-order valence-corrected chi connectivity index (χ1v) is 40.3. The Morgan fingerprint density at radius 3 is 1.05 bits per heavy atom. The van der Waals surface area contributed by atoms with E-state index in [0.717, 1.165) is 64.2 Å². The summed E-state index contributed by atoms with van der Waals surface area (Å²) in [7, 11) is 1.52. The van der Waals surface area contributed by atoms with Gasteiger partial charge in [-0.25, -0.2) is 4.57 Å². The number of hydrogen-bond donors (Lipinski definition) is 2. The lowest BCUT2D eigenvalue weighted by Crippen LogP contribution is -2.47. The summed E-state index contributed by atoms with van der Waals surface area (Å²) in [6.07, 6.45) is 86.1. The molecule has 0 aromatic carbocycles. The van der Waals surface area contributed by atoms with Crippen molar-refractivity contribution in [1.82, 2.24) is 5.32 Å². The summed E-state index contributed by atoms with van der Waals surface area (Å²) in [5, 5.41) is 3.09. The molecule has 0 rings (SSSR count). The highest BCUT2D eigenvalue weighted by Gasteiger charge is 2.30. The van der Waals surface area contributed by atoms with Gasteiger partial charge >= 0.3 is 13.8 Å². The number of quaternary nitrogens is 1. The molecule has 0 aliphatic heterocycles. The molecule has 0 heterocycles. The van der Waals surface area contributed by atoms with Gasteiger partial charge in [-0.3, -0.25) is 18.6 Å². The number of carbonyl (C=O) groups excluding carboxylic acids is 2. The Labute approximate surface area is 548 Å². The molecule has 0 fully saturated rings. The fourth-order valence-electron chi connectivity index (χ4n) is 11.9. The first-order chi connectivity index (χ1) is 42.9. The topological polar surface area (TPSA) is 111 Å². The monoisotopic (exact) mass is 1260 g/mol. The third kappa shape index (κ3) is 68.6. The third-order valence-corrected chi connectivity index (χ3v) is 18.8. The Morgan fingerprint density at radius 2 is 0.693 bits per heavy atom. The number of allylic oxidation sites excluding steroid dienone is 5. The zero-order chi connectivity index (χ0) is 64.2. The van der Waals surface area contributed by atoms with Gasteiger partial charge in [0.1, 0.15) is 19.3 Å². The fourth-order valence-corrected chi connectivity index (χ4v) is 12.6. The van der Waals surface area contributed by atoms with Gasteiger partial charge in [-0.05, 0) is 63.9 Å². The van der Waals surface area contributed by atoms with E-state index >= 15 is 0 Å². The van der Waals surface area contributed by atoms with E-state index in [1.807, 2.05) is 27.2 Å². The van der Waals surface area contributed by atoms with Crippen LogP contribution in [0.1, 0.15) is 400 Å². The predicted molar refractivity (Wildman–Crippen MR) is 383 cm³/mol. The van der Waals surface area contributed by atoms with Crippen LogP contribution in [-0.2, 0) is 27.9 Å². The van der Waals surface area contributed by atoms with Crippen molar-refractivity contribution in [2.75, 3.05) is 40.9 Å². The molecule has 88 heavy (non-hydrogen) atoms. The van der Waals surface area contributed by atoms with Crippen molar-refractivity contribution >= 4 is 19.7 Å². The van der Waals surface area contributed by atoms with Crippen LogP contribution in [0.25, 0.3) is 0 Å². The number of ether oxygens (including phenoxy) is 1. The van der Waals surface area contributed by atoms with Crippen molar-refractivity contribution in [3.8, 4) is 0 Å². The second-order valence-corrected chi connectivity index (χ2v) is 29.3. The maximum atomic E-state index is 13.7. The fraction of sp³-hybridized carbons (Fsp3) is 0.897. The van der Waals surface area contributed by atoms with E-state index in [-0.39, 0.29) is 25.1 Å². The number of rotatable bonds is 72. The summed E-state index contributed by atoms with van der Waals surface area (Å²) in [5.41, 5.74) is 0.